The minimum Gasteiger partial charge on any atom is -0.396 e. The molecule has 5 heteroatoms. The molecule has 21 heavy (non-hydrogen) atoms. The van der Waals surface area contributed by atoms with Crippen molar-refractivity contribution in [3.05, 3.63) is 40.4 Å². The zero-order chi connectivity index (χ0) is 14.9. The molecule has 3 rings (SSSR count). The molecule has 1 aliphatic rings. The lowest BCUT2D eigenvalue weighted by atomic mass is 9.81. The Labute approximate surface area is 123 Å². The molecule has 0 amide bonds. The Morgan fingerprint density at radius 1 is 1.38 bits per heavy atom. The molecule has 1 fully saturated rings. The number of aromatic nitrogens is 2. The van der Waals surface area contributed by atoms with Crippen LogP contribution in [0, 0.1) is 12.3 Å². The second kappa shape index (κ2) is 5.58. The fourth-order valence-electron chi connectivity index (χ4n) is 3.01. The molecule has 0 atom stereocenters. The summed E-state index contributed by atoms with van der Waals surface area (Å²) in [6, 6.07) is 5.68. The van der Waals surface area contributed by atoms with Gasteiger partial charge in [0.2, 0.25) is 0 Å². The average molecular weight is 288 g/mol. The number of aliphatic hydroxyl groups excluding tert-OH is 1. The number of hydrogen-bond acceptors (Lipinski definition) is 4. The first-order valence-electron chi connectivity index (χ1n) is 7.29. The zero-order valence-electron chi connectivity index (χ0n) is 12.2. The molecule has 0 spiro atoms. The standard InChI is InChI=1S/C16H20N2O3/c1-12-3-2-4-13-14(12)15(20)18(11-17-13)9-16(10-19)5-7-21-8-6-16/h2-4,11,19H,5-10H2,1H3. The molecule has 2 heterocycles. The van der Waals surface area contributed by atoms with Gasteiger partial charge in [0.15, 0.2) is 0 Å². The summed E-state index contributed by atoms with van der Waals surface area (Å²) in [6.45, 7) is 3.74. The molecule has 0 saturated carbocycles. The van der Waals surface area contributed by atoms with Gasteiger partial charge in [-0.1, -0.05) is 12.1 Å². The number of fused-ring (bicyclic) bond motifs is 1. The highest BCUT2D eigenvalue weighted by atomic mass is 16.5. The van der Waals surface area contributed by atoms with Gasteiger partial charge in [-0.25, -0.2) is 4.98 Å². The third kappa shape index (κ3) is 2.59. The van der Waals surface area contributed by atoms with Crippen molar-refractivity contribution in [1.82, 2.24) is 9.55 Å². The van der Waals surface area contributed by atoms with E-state index in [2.05, 4.69) is 4.98 Å². The van der Waals surface area contributed by atoms with E-state index in [1.807, 2.05) is 25.1 Å². The summed E-state index contributed by atoms with van der Waals surface area (Å²) in [5, 5.41) is 10.4. The van der Waals surface area contributed by atoms with Crippen LogP contribution in [0.3, 0.4) is 0 Å². The van der Waals surface area contributed by atoms with Crippen LogP contribution in [0.2, 0.25) is 0 Å². The van der Waals surface area contributed by atoms with Gasteiger partial charge in [-0.15, -0.1) is 0 Å². The number of benzene rings is 1. The lowest BCUT2D eigenvalue weighted by molar-refractivity contribution is -0.0258. The molecule has 0 aliphatic carbocycles. The number of nitrogens with zero attached hydrogens (tertiary/aromatic N) is 2. The SMILES string of the molecule is Cc1cccc2ncn(CC3(CO)CCOCC3)c(=O)c12. The van der Waals surface area contributed by atoms with E-state index in [9.17, 15) is 9.90 Å². The van der Waals surface area contributed by atoms with E-state index in [1.54, 1.807) is 10.9 Å². The Bertz CT molecular complexity index is 702. The van der Waals surface area contributed by atoms with Crippen molar-refractivity contribution in [1.29, 1.82) is 0 Å². The Balaban J connectivity index is 2.03. The Morgan fingerprint density at radius 2 is 2.14 bits per heavy atom. The highest BCUT2D eigenvalue weighted by molar-refractivity contribution is 5.80. The maximum Gasteiger partial charge on any atom is 0.261 e. The van der Waals surface area contributed by atoms with Crippen LogP contribution in [0.25, 0.3) is 10.9 Å². The predicted octanol–water partition coefficient (Wildman–Crippen LogP) is 1.49. The minimum absolute atomic E-state index is 0.0302. The summed E-state index contributed by atoms with van der Waals surface area (Å²) in [5.41, 5.74) is 1.35. The van der Waals surface area contributed by atoms with Gasteiger partial charge in [0.1, 0.15) is 0 Å². The van der Waals surface area contributed by atoms with Crippen molar-refractivity contribution in [2.75, 3.05) is 19.8 Å². The van der Waals surface area contributed by atoms with Crippen LogP contribution in [-0.2, 0) is 11.3 Å². The monoisotopic (exact) mass is 288 g/mol. The molecule has 1 saturated heterocycles. The number of rotatable bonds is 3. The quantitative estimate of drug-likeness (QED) is 0.929. The molecule has 1 N–H and O–H groups in total. The molecule has 0 radical (unpaired) electrons. The second-order valence-corrected chi connectivity index (χ2v) is 5.92. The van der Waals surface area contributed by atoms with E-state index >= 15 is 0 Å². The summed E-state index contributed by atoms with van der Waals surface area (Å²) >= 11 is 0. The topological polar surface area (TPSA) is 64.3 Å². The lowest BCUT2D eigenvalue weighted by Gasteiger charge is -2.35. The van der Waals surface area contributed by atoms with E-state index in [0.717, 1.165) is 23.9 Å². The summed E-state index contributed by atoms with van der Waals surface area (Å²) < 4.78 is 7.01. The molecule has 0 unspecified atom stereocenters. The Kier molecular flexibility index (Phi) is 3.78. The number of hydrogen-bond donors (Lipinski definition) is 1. The normalized spacial score (nSPS) is 18.0. The molecule has 1 aromatic heterocycles. The van der Waals surface area contributed by atoms with Crippen LogP contribution >= 0.6 is 0 Å². The lowest BCUT2D eigenvalue weighted by Crippen LogP contribution is -2.39. The van der Waals surface area contributed by atoms with Crippen molar-refractivity contribution < 1.29 is 9.84 Å². The first-order chi connectivity index (χ1) is 10.2. The van der Waals surface area contributed by atoms with Crippen LogP contribution in [0.5, 0.6) is 0 Å². The van der Waals surface area contributed by atoms with Gasteiger partial charge in [-0.2, -0.15) is 0 Å². The molecule has 5 nitrogen and oxygen atoms in total. The third-order valence-electron chi connectivity index (χ3n) is 4.46. The molecule has 1 aromatic carbocycles. The van der Waals surface area contributed by atoms with Crippen molar-refractivity contribution in [3.63, 3.8) is 0 Å². The van der Waals surface area contributed by atoms with Gasteiger partial charge in [0.25, 0.3) is 5.56 Å². The van der Waals surface area contributed by atoms with Gasteiger partial charge in [-0.05, 0) is 31.4 Å². The maximum absolute atomic E-state index is 12.7. The van der Waals surface area contributed by atoms with E-state index in [0.29, 0.717) is 25.1 Å². The number of ether oxygens (including phenoxy) is 1. The smallest absolute Gasteiger partial charge is 0.261 e. The van der Waals surface area contributed by atoms with Gasteiger partial charge in [-0.3, -0.25) is 9.36 Å². The molecule has 0 bridgehead atoms. The zero-order valence-corrected chi connectivity index (χ0v) is 12.2. The van der Waals surface area contributed by atoms with Gasteiger partial charge >= 0.3 is 0 Å². The van der Waals surface area contributed by atoms with Crippen molar-refractivity contribution >= 4 is 10.9 Å². The molecule has 2 aromatic rings. The fraction of sp³-hybridized carbons (Fsp3) is 0.500. The summed E-state index contributed by atoms with van der Waals surface area (Å²) in [4.78, 5) is 17.1. The van der Waals surface area contributed by atoms with Gasteiger partial charge in [0, 0.05) is 25.2 Å². The molecule has 1 aliphatic heterocycles. The first kappa shape index (κ1) is 14.2. The maximum atomic E-state index is 12.7. The van der Waals surface area contributed by atoms with Crippen molar-refractivity contribution in [2.24, 2.45) is 5.41 Å². The van der Waals surface area contributed by atoms with E-state index in [1.165, 1.54) is 0 Å². The van der Waals surface area contributed by atoms with E-state index < -0.39 is 0 Å². The largest absolute Gasteiger partial charge is 0.396 e. The summed E-state index contributed by atoms with van der Waals surface area (Å²) in [5.74, 6) is 0. The summed E-state index contributed by atoms with van der Waals surface area (Å²) in [7, 11) is 0. The van der Waals surface area contributed by atoms with Crippen LogP contribution < -0.4 is 5.56 Å². The number of aryl methyl sites for hydroxylation is 1. The highest BCUT2D eigenvalue weighted by Gasteiger charge is 2.33. The van der Waals surface area contributed by atoms with Crippen LogP contribution in [0.4, 0.5) is 0 Å². The molecular formula is C16H20N2O3. The van der Waals surface area contributed by atoms with Crippen LogP contribution in [-0.4, -0.2) is 34.5 Å². The van der Waals surface area contributed by atoms with Crippen LogP contribution in [0.1, 0.15) is 18.4 Å². The second-order valence-electron chi connectivity index (χ2n) is 5.92. The van der Waals surface area contributed by atoms with Crippen molar-refractivity contribution in [3.8, 4) is 0 Å². The predicted molar refractivity (Wildman–Crippen MR) is 80.3 cm³/mol. The minimum atomic E-state index is -0.278. The van der Waals surface area contributed by atoms with Crippen molar-refractivity contribution in [2.45, 2.75) is 26.3 Å². The first-order valence-corrected chi connectivity index (χ1v) is 7.29. The average Bonchev–Trinajstić information content (AvgIpc) is 2.51. The van der Waals surface area contributed by atoms with Gasteiger partial charge in [0.05, 0.1) is 23.8 Å². The Hall–Kier alpha value is -1.72. The number of aliphatic hydroxyl groups is 1. The van der Waals surface area contributed by atoms with E-state index in [4.69, 9.17) is 4.74 Å². The van der Waals surface area contributed by atoms with Gasteiger partial charge < -0.3 is 9.84 Å². The van der Waals surface area contributed by atoms with E-state index in [-0.39, 0.29) is 17.6 Å². The summed E-state index contributed by atoms with van der Waals surface area (Å²) in [6.07, 6.45) is 3.13. The molecule has 112 valence electrons. The third-order valence-corrected chi connectivity index (χ3v) is 4.46. The Morgan fingerprint density at radius 3 is 2.86 bits per heavy atom. The highest BCUT2D eigenvalue weighted by Crippen LogP contribution is 2.31. The van der Waals surface area contributed by atoms with Crippen LogP contribution in [0.15, 0.2) is 29.3 Å². The molecular weight excluding hydrogens is 268 g/mol. The fourth-order valence-corrected chi connectivity index (χ4v) is 3.01.